The first kappa shape index (κ1) is 7.19. The fourth-order valence-electron chi connectivity index (χ4n) is 1.09. The Hall–Kier alpha value is -0.470. The second kappa shape index (κ2) is 2.54. The van der Waals surface area contributed by atoms with Crippen LogP contribution in [0.3, 0.4) is 0 Å². The monoisotopic (exact) mass is 189 g/mol. The molecule has 0 amide bonds. The molecule has 2 rings (SSSR count). The van der Waals surface area contributed by atoms with Crippen molar-refractivity contribution in [3.63, 3.8) is 0 Å². The van der Waals surface area contributed by atoms with Gasteiger partial charge in [0.1, 0.15) is 5.15 Å². The van der Waals surface area contributed by atoms with Crippen LogP contribution in [0.1, 0.15) is 5.56 Å². The molecule has 1 aliphatic heterocycles. The minimum Gasteiger partial charge on any atom is -0.477 e. The molecule has 0 N–H and O–H groups in total. The van der Waals surface area contributed by atoms with Crippen LogP contribution in [0.5, 0.6) is 5.88 Å². The van der Waals surface area contributed by atoms with Crippen LogP contribution in [0.15, 0.2) is 6.07 Å². The lowest BCUT2D eigenvalue weighted by Crippen LogP contribution is -1.87. The Morgan fingerprint density at radius 3 is 3.09 bits per heavy atom. The maximum atomic E-state index is 5.87. The van der Waals surface area contributed by atoms with Crippen molar-refractivity contribution in [2.75, 3.05) is 6.61 Å². The van der Waals surface area contributed by atoms with Crippen molar-refractivity contribution in [2.45, 2.75) is 6.42 Å². The molecule has 1 aliphatic rings. The van der Waals surface area contributed by atoms with Crippen LogP contribution in [-0.2, 0) is 6.42 Å². The summed E-state index contributed by atoms with van der Waals surface area (Å²) < 4.78 is 5.18. The summed E-state index contributed by atoms with van der Waals surface area (Å²) in [6, 6.07) is 1.64. The first-order chi connectivity index (χ1) is 5.27. The Balaban J connectivity index is 2.60. The molecule has 0 fully saturated rings. The quantitative estimate of drug-likeness (QED) is 0.585. The zero-order valence-electron chi connectivity index (χ0n) is 5.60. The molecular formula is C7H5Cl2NO. The lowest BCUT2D eigenvalue weighted by molar-refractivity contribution is 0.345. The number of pyridine rings is 1. The molecule has 2 heterocycles. The first-order valence-corrected chi connectivity index (χ1v) is 4.00. The molecule has 1 aromatic rings. The van der Waals surface area contributed by atoms with E-state index in [0.29, 0.717) is 22.7 Å². The Bertz CT molecular complexity index is 301. The van der Waals surface area contributed by atoms with Gasteiger partial charge in [-0.3, -0.25) is 0 Å². The summed E-state index contributed by atoms with van der Waals surface area (Å²) in [6.07, 6.45) is 0.832. The summed E-state index contributed by atoms with van der Waals surface area (Å²) in [7, 11) is 0. The molecule has 0 atom stereocenters. The fraction of sp³-hybridized carbons (Fsp3) is 0.286. The average molecular weight is 190 g/mol. The van der Waals surface area contributed by atoms with Gasteiger partial charge in [-0.15, -0.1) is 0 Å². The number of hydrogen-bond donors (Lipinski definition) is 0. The normalized spacial score (nSPS) is 14.4. The second-order valence-corrected chi connectivity index (χ2v) is 3.10. The van der Waals surface area contributed by atoms with Gasteiger partial charge in [0, 0.05) is 12.0 Å². The maximum Gasteiger partial charge on any atom is 0.219 e. The summed E-state index contributed by atoms with van der Waals surface area (Å²) in [4.78, 5) is 3.97. The van der Waals surface area contributed by atoms with Crippen molar-refractivity contribution in [3.05, 3.63) is 21.8 Å². The molecule has 11 heavy (non-hydrogen) atoms. The van der Waals surface area contributed by atoms with Gasteiger partial charge >= 0.3 is 0 Å². The van der Waals surface area contributed by atoms with Crippen LogP contribution < -0.4 is 4.74 Å². The van der Waals surface area contributed by atoms with Gasteiger partial charge in [0.15, 0.2) is 0 Å². The van der Waals surface area contributed by atoms with E-state index in [9.17, 15) is 0 Å². The van der Waals surface area contributed by atoms with E-state index in [-0.39, 0.29) is 0 Å². The Morgan fingerprint density at radius 1 is 1.45 bits per heavy atom. The SMILES string of the molecule is Clc1cc(Cl)c2c(n1)OCC2. The van der Waals surface area contributed by atoms with Crippen LogP contribution >= 0.6 is 23.2 Å². The summed E-state index contributed by atoms with van der Waals surface area (Å²) in [5.74, 6) is 0.586. The number of halogens is 2. The highest BCUT2D eigenvalue weighted by atomic mass is 35.5. The zero-order chi connectivity index (χ0) is 7.84. The van der Waals surface area contributed by atoms with E-state index >= 15 is 0 Å². The Morgan fingerprint density at radius 2 is 2.27 bits per heavy atom. The van der Waals surface area contributed by atoms with Crippen LogP contribution in [-0.4, -0.2) is 11.6 Å². The van der Waals surface area contributed by atoms with E-state index in [1.54, 1.807) is 6.07 Å². The van der Waals surface area contributed by atoms with Crippen LogP contribution in [0.2, 0.25) is 10.2 Å². The third-order valence-corrected chi connectivity index (χ3v) is 2.12. The highest BCUT2D eigenvalue weighted by Gasteiger charge is 2.17. The van der Waals surface area contributed by atoms with Gasteiger partial charge in [0.05, 0.1) is 11.6 Å². The van der Waals surface area contributed by atoms with Crippen molar-refractivity contribution in [1.29, 1.82) is 0 Å². The van der Waals surface area contributed by atoms with Crippen molar-refractivity contribution in [2.24, 2.45) is 0 Å². The highest BCUT2D eigenvalue weighted by molar-refractivity contribution is 6.34. The molecule has 58 valence electrons. The molecule has 0 aromatic carbocycles. The third kappa shape index (κ3) is 1.17. The van der Waals surface area contributed by atoms with Crippen LogP contribution in [0.4, 0.5) is 0 Å². The summed E-state index contributed by atoms with van der Waals surface area (Å²) >= 11 is 11.5. The topological polar surface area (TPSA) is 22.1 Å². The first-order valence-electron chi connectivity index (χ1n) is 3.25. The van der Waals surface area contributed by atoms with Crippen LogP contribution in [0, 0.1) is 0 Å². The number of ether oxygens (including phenoxy) is 1. The Kier molecular flexibility index (Phi) is 1.66. The Labute approximate surface area is 74.1 Å². The van der Waals surface area contributed by atoms with E-state index in [4.69, 9.17) is 27.9 Å². The van der Waals surface area contributed by atoms with Gasteiger partial charge in [0.2, 0.25) is 5.88 Å². The molecule has 4 heteroatoms. The van der Waals surface area contributed by atoms with E-state index in [0.717, 1.165) is 12.0 Å². The second-order valence-electron chi connectivity index (χ2n) is 2.31. The molecule has 0 unspecified atom stereocenters. The smallest absolute Gasteiger partial charge is 0.219 e. The summed E-state index contributed by atoms with van der Waals surface area (Å²) in [5.41, 5.74) is 0.969. The molecular weight excluding hydrogens is 185 g/mol. The van der Waals surface area contributed by atoms with Gasteiger partial charge in [-0.25, -0.2) is 4.98 Å². The predicted octanol–water partition coefficient (Wildman–Crippen LogP) is 2.32. The lowest BCUT2D eigenvalue weighted by Gasteiger charge is -1.99. The van der Waals surface area contributed by atoms with Gasteiger partial charge in [-0.05, 0) is 6.07 Å². The molecule has 0 bridgehead atoms. The molecule has 2 nitrogen and oxygen atoms in total. The molecule has 0 saturated carbocycles. The van der Waals surface area contributed by atoms with E-state index in [2.05, 4.69) is 4.98 Å². The van der Waals surface area contributed by atoms with Gasteiger partial charge in [0.25, 0.3) is 0 Å². The predicted molar refractivity (Wildman–Crippen MR) is 43.5 cm³/mol. The number of nitrogens with zero attached hydrogens (tertiary/aromatic N) is 1. The highest BCUT2D eigenvalue weighted by Crippen LogP contribution is 2.31. The minimum atomic E-state index is 0.385. The number of hydrogen-bond acceptors (Lipinski definition) is 2. The fourth-order valence-corrected chi connectivity index (χ4v) is 1.61. The third-order valence-electron chi connectivity index (χ3n) is 1.59. The molecule has 0 aliphatic carbocycles. The molecule has 0 spiro atoms. The standard InChI is InChI=1S/C7H5Cl2NO/c8-5-3-6(9)10-7-4(5)1-2-11-7/h3H,1-2H2. The molecule has 0 radical (unpaired) electrons. The van der Waals surface area contributed by atoms with E-state index < -0.39 is 0 Å². The van der Waals surface area contributed by atoms with Crippen molar-refractivity contribution in [1.82, 2.24) is 4.98 Å². The van der Waals surface area contributed by atoms with Crippen molar-refractivity contribution < 1.29 is 4.74 Å². The number of aromatic nitrogens is 1. The number of fused-ring (bicyclic) bond motifs is 1. The van der Waals surface area contributed by atoms with Crippen molar-refractivity contribution >= 4 is 23.2 Å². The average Bonchev–Trinajstić information content (AvgIpc) is 2.34. The zero-order valence-corrected chi connectivity index (χ0v) is 7.11. The van der Waals surface area contributed by atoms with Crippen LogP contribution in [0.25, 0.3) is 0 Å². The molecule has 0 saturated heterocycles. The van der Waals surface area contributed by atoms with E-state index in [1.165, 1.54) is 0 Å². The van der Waals surface area contributed by atoms with Gasteiger partial charge in [-0.2, -0.15) is 0 Å². The van der Waals surface area contributed by atoms with Gasteiger partial charge < -0.3 is 4.74 Å². The van der Waals surface area contributed by atoms with Gasteiger partial charge in [-0.1, -0.05) is 23.2 Å². The largest absolute Gasteiger partial charge is 0.477 e. The maximum absolute atomic E-state index is 5.87. The lowest BCUT2D eigenvalue weighted by atomic mass is 10.2. The summed E-state index contributed by atoms with van der Waals surface area (Å²) in [6.45, 7) is 0.655. The van der Waals surface area contributed by atoms with E-state index in [1.807, 2.05) is 0 Å². The van der Waals surface area contributed by atoms with Crippen molar-refractivity contribution in [3.8, 4) is 5.88 Å². The minimum absolute atomic E-state index is 0.385. The molecule has 1 aromatic heterocycles. The number of rotatable bonds is 0. The summed E-state index contributed by atoms with van der Waals surface area (Å²) in [5, 5.41) is 1.04.